The van der Waals surface area contributed by atoms with Gasteiger partial charge < -0.3 is 32.3 Å². The largest absolute Gasteiger partial charge is 0.480 e. The van der Waals surface area contributed by atoms with E-state index >= 15 is 0 Å². The summed E-state index contributed by atoms with van der Waals surface area (Å²) in [4.78, 5) is 45.8. The topological polar surface area (TPSA) is 185 Å². The molecule has 0 aromatic carbocycles. The van der Waals surface area contributed by atoms with Crippen molar-refractivity contribution in [1.82, 2.24) is 10.6 Å². The van der Waals surface area contributed by atoms with Gasteiger partial charge in [0.25, 0.3) is 0 Å². The molecule has 10 heteroatoms. The number of amides is 3. The average Bonchev–Trinajstić information content (AvgIpc) is 2.46. The number of hydrogen-bond acceptors (Lipinski definition) is 6. The van der Waals surface area contributed by atoms with Crippen molar-refractivity contribution >= 4 is 23.7 Å². The standard InChI is InChI=1S/C13H24N4O6/c1-3-7(14)11(20)16-8(4-5-9(15)19)12(21)17-10(6(2)18)13(22)23/h6-8,10,18H,3-5,14H2,1-2H3,(H2,15,19)(H,16,20)(H,17,21)(H,22,23)/t6-,7+,8+,10+/m1/s1. The van der Waals surface area contributed by atoms with Gasteiger partial charge in [-0.3, -0.25) is 14.4 Å². The Morgan fingerprint density at radius 1 is 1.13 bits per heavy atom. The molecule has 8 N–H and O–H groups in total. The Hall–Kier alpha value is -2.20. The summed E-state index contributed by atoms with van der Waals surface area (Å²) < 4.78 is 0. The van der Waals surface area contributed by atoms with Crippen LogP contribution in [0, 0.1) is 0 Å². The number of carbonyl (C=O) groups is 4. The monoisotopic (exact) mass is 332 g/mol. The second kappa shape index (κ2) is 9.74. The van der Waals surface area contributed by atoms with Crippen LogP contribution in [0.15, 0.2) is 0 Å². The number of aliphatic hydroxyl groups is 1. The number of hydrogen-bond donors (Lipinski definition) is 6. The molecule has 0 aliphatic carbocycles. The minimum atomic E-state index is -1.55. The minimum Gasteiger partial charge on any atom is -0.480 e. The van der Waals surface area contributed by atoms with Crippen molar-refractivity contribution in [3.63, 3.8) is 0 Å². The Balaban J connectivity index is 5.02. The fourth-order valence-electron chi connectivity index (χ4n) is 1.66. The molecule has 0 aromatic rings. The molecule has 4 atom stereocenters. The van der Waals surface area contributed by atoms with Crippen LogP contribution in [-0.4, -0.2) is 58.1 Å². The van der Waals surface area contributed by atoms with Crippen LogP contribution in [0.5, 0.6) is 0 Å². The summed E-state index contributed by atoms with van der Waals surface area (Å²) in [6.07, 6.45) is -1.31. The Kier molecular flexibility index (Phi) is 8.81. The smallest absolute Gasteiger partial charge is 0.328 e. The molecule has 0 fully saturated rings. The van der Waals surface area contributed by atoms with Gasteiger partial charge in [-0.1, -0.05) is 6.92 Å². The van der Waals surface area contributed by atoms with E-state index in [1.807, 2.05) is 0 Å². The van der Waals surface area contributed by atoms with E-state index in [1.165, 1.54) is 6.92 Å². The van der Waals surface area contributed by atoms with Gasteiger partial charge in [0.05, 0.1) is 12.1 Å². The fourth-order valence-corrected chi connectivity index (χ4v) is 1.66. The zero-order chi connectivity index (χ0) is 18.2. The molecule has 23 heavy (non-hydrogen) atoms. The van der Waals surface area contributed by atoms with Crippen molar-refractivity contribution in [1.29, 1.82) is 0 Å². The summed E-state index contributed by atoms with van der Waals surface area (Å²) in [5.74, 6) is -3.57. The predicted octanol–water partition coefficient (Wildman–Crippen LogP) is -2.58. The molecule has 0 bridgehead atoms. The highest BCUT2D eigenvalue weighted by molar-refractivity contribution is 5.92. The lowest BCUT2D eigenvalue weighted by molar-refractivity contribution is -0.145. The minimum absolute atomic E-state index is 0.116. The maximum atomic E-state index is 12.1. The number of carboxylic acid groups (broad SMARTS) is 1. The zero-order valence-electron chi connectivity index (χ0n) is 13.1. The van der Waals surface area contributed by atoms with Gasteiger partial charge in [-0.25, -0.2) is 4.79 Å². The summed E-state index contributed by atoms with van der Waals surface area (Å²) in [5.41, 5.74) is 10.6. The van der Waals surface area contributed by atoms with Crippen molar-refractivity contribution in [2.24, 2.45) is 11.5 Å². The number of carboxylic acids is 1. The number of primary amides is 1. The van der Waals surface area contributed by atoms with E-state index in [4.69, 9.17) is 16.6 Å². The van der Waals surface area contributed by atoms with Crippen molar-refractivity contribution in [2.75, 3.05) is 0 Å². The number of aliphatic hydroxyl groups excluding tert-OH is 1. The molecule has 0 spiro atoms. The van der Waals surface area contributed by atoms with E-state index in [1.54, 1.807) is 6.92 Å². The van der Waals surface area contributed by atoms with Gasteiger partial charge in [-0.2, -0.15) is 0 Å². The van der Waals surface area contributed by atoms with Crippen molar-refractivity contribution in [3.05, 3.63) is 0 Å². The summed E-state index contributed by atoms with van der Waals surface area (Å²) >= 11 is 0. The Morgan fingerprint density at radius 2 is 1.70 bits per heavy atom. The van der Waals surface area contributed by atoms with Gasteiger partial charge in [0.1, 0.15) is 6.04 Å². The predicted molar refractivity (Wildman–Crippen MR) is 79.9 cm³/mol. The van der Waals surface area contributed by atoms with Crippen LogP contribution in [0.3, 0.4) is 0 Å². The molecule has 0 rings (SSSR count). The number of nitrogens with two attached hydrogens (primary N) is 2. The van der Waals surface area contributed by atoms with Crippen LogP contribution < -0.4 is 22.1 Å². The Labute approximate surface area is 133 Å². The molecule has 0 aromatic heterocycles. The average molecular weight is 332 g/mol. The van der Waals surface area contributed by atoms with Crippen LogP contribution in [0.1, 0.15) is 33.1 Å². The quantitative estimate of drug-likeness (QED) is 0.253. The molecule has 0 aliphatic heterocycles. The molecular weight excluding hydrogens is 308 g/mol. The molecule has 0 saturated heterocycles. The van der Waals surface area contributed by atoms with Crippen molar-refractivity contribution in [3.8, 4) is 0 Å². The summed E-state index contributed by atoms with van der Waals surface area (Å²) in [6, 6.07) is -3.57. The van der Waals surface area contributed by atoms with Crippen LogP contribution in [0.4, 0.5) is 0 Å². The molecule has 132 valence electrons. The number of carbonyl (C=O) groups excluding carboxylic acids is 3. The number of nitrogens with one attached hydrogen (secondary N) is 2. The molecule has 3 amide bonds. The van der Waals surface area contributed by atoms with Gasteiger partial charge in [-0.05, 0) is 19.8 Å². The third-order valence-electron chi connectivity index (χ3n) is 3.14. The molecule has 0 heterocycles. The highest BCUT2D eigenvalue weighted by Crippen LogP contribution is 2.02. The first-order valence-corrected chi connectivity index (χ1v) is 7.15. The summed E-state index contributed by atoms with van der Waals surface area (Å²) in [5, 5.41) is 22.8. The first-order chi connectivity index (χ1) is 10.6. The van der Waals surface area contributed by atoms with E-state index in [0.29, 0.717) is 6.42 Å². The van der Waals surface area contributed by atoms with E-state index < -0.39 is 47.9 Å². The lowest BCUT2D eigenvalue weighted by Gasteiger charge is -2.23. The third kappa shape index (κ3) is 7.56. The van der Waals surface area contributed by atoms with E-state index in [2.05, 4.69) is 10.6 Å². The summed E-state index contributed by atoms with van der Waals surface area (Å²) in [7, 11) is 0. The first-order valence-electron chi connectivity index (χ1n) is 7.15. The van der Waals surface area contributed by atoms with Crippen molar-refractivity contribution < 1.29 is 29.4 Å². The lowest BCUT2D eigenvalue weighted by Crippen LogP contribution is -2.56. The fraction of sp³-hybridized carbons (Fsp3) is 0.692. The molecule has 0 aliphatic rings. The molecule has 10 nitrogen and oxygen atoms in total. The van der Waals surface area contributed by atoms with E-state index in [-0.39, 0.29) is 12.8 Å². The first kappa shape index (κ1) is 20.8. The third-order valence-corrected chi connectivity index (χ3v) is 3.14. The number of aliphatic carboxylic acids is 1. The lowest BCUT2D eigenvalue weighted by atomic mass is 10.1. The maximum absolute atomic E-state index is 12.1. The van der Waals surface area contributed by atoms with E-state index in [0.717, 1.165) is 0 Å². The van der Waals surface area contributed by atoms with Gasteiger partial charge in [0.2, 0.25) is 17.7 Å². The second-order valence-corrected chi connectivity index (χ2v) is 5.15. The van der Waals surface area contributed by atoms with E-state index in [9.17, 15) is 24.3 Å². The molecule has 0 radical (unpaired) electrons. The van der Waals surface area contributed by atoms with Gasteiger partial charge >= 0.3 is 5.97 Å². The maximum Gasteiger partial charge on any atom is 0.328 e. The van der Waals surface area contributed by atoms with Gasteiger partial charge in [0.15, 0.2) is 6.04 Å². The molecular formula is C13H24N4O6. The Morgan fingerprint density at radius 3 is 2.09 bits per heavy atom. The van der Waals surface area contributed by atoms with Crippen LogP contribution in [-0.2, 0) is 19.2 Å². The molecule has 0 unspecified atom stereocenters. The SMILES string of the molecule is CC[C@H](N)C(=O)N[C@@H](CCC(N)=O)C(=O)N[C@H](C(=O)O)[C@@H](C)O. The second-order valence-electron chi connectivity index (χ2n) is 5.15. The normalized spacial score (nSPS) is 15.8. The zero-order valence-corrected chi connectivity index (χ0v) is 13.1. The van der Waals surface area contributed by atoms with Crippen LogP contribution in [0.25, 0.3) is 0 Å². The molecule has 0 saturated carbocycles. The van der Waals surface area contributed by atoms with Crippen LogP contribution >= 0.6 is 0 Å². The van der Waals surface area contributed by atoms with Gasteiger partial charge in [0, 0.05) is 6.42 Å². The number of rotatable bonds is 10. The van der Waals surface area contributed by atoms with Gasteiger partial charge in [-0.15, -0.1) is 0 Å². The summed E-state index contributed by atoms with van der Waals surface area (Å²) in [6.45, 7) is 2.87. The van der Waals surface area contributed by atoms with Crippen molar-refractivity contribution in [2.45, 2.75) is 57.3 Å². The highest BCUT2D eigenvalue weighted by Gasteiger charge is 2.30. The Bertz CT molecular complexity index is 454. The van der Waals surface area contributed by atoms with Crippen LogP contribution in [0.2, 0.25) is 0 Å². The highest BCUT2D eigenvalue weighted by atomic mass is 16.4.